The van der Waals surface area contributed by atoms with Crippen molar-refractivity contribution in [2.24, 2.45) is 5.10 Å². The predicted octanol–water partition coefficient (Wildman–Crippen LogP) is 1.78. The van der Waals surface area contributed by atoms with E-state index >= 15 is 0 Å². The van der Waals surface area contributed by atoms with Crippen molar-refractivity contribution < 1.29 is 4.84 Å². The quantitative estimate of drug-likeness (QED) is 0.739. The third kappa shape index (κ3) is 2.93. The topological polar surface area (TPSA) is 28.1 Å². The van der Waals surface area contributed by atoms with E-state index < -0.39 is 0 Å². The molecule has 0 aromatic carbocycles. The van der Waals surface area contributed by atoms with Gasteiger partial charge in [-0.2, -0.15) is 0 Å². The molecule has 84 valence electrons. The molecule has 0 N–H and O–H groups in total. The summed E-state index contributed by atoms with van der Waals surface area (Å²) >= 11 is 5.80. The first kappa shape index (κ1) is 10.9. The SMILES string of the molecule is CN1CCC[C@@H]1CON1C=CCC(Cl)=N1. The van der Waals surface area contributed by atoms with Crippen molar-refractivity contribution in [3.63, 3.8) is 0 Å². The van der Waals surface area contributed by atoms with Crippen molar-refractivity contribution in [3.05, 3.63) is 12.3 Å². The van der Waals surface area contributed by atoms with Crippen LogP contribution in [-0.4, -0.2) is 41.5 Å². The molecule has 15 heavy (non-hydrogen) atoms. The van der Waals surface area contributed by atoms with Crippen LogP contribution in [0.4, 0.5) is 0 Å². The van der Waals surface area contributed by atoms with E-state index in [4.69, 9.17) is 16.4 Å². The van der Waals surface area contributed by atoms with Crippen molar-refractivity contribution in [2.75, 3.05) is 20.2 Å². The Labute approximate surface area is 95.1 Å². The second kappa shape index (κ2) is 4.96. The zero-order valence-electron chi connectivity index (χ0n) is 8.90. The molecule has 0 radical (unpaired) electrons. The third-order valence-corrected chi connectivity index (χ3v) is 3.03. The monoisotopic (exact) mass is 229 g/mol. The normalized spacial score (nSPS) is 27.2. The molecule has 0 bridgehead atoms. The fourth-order valence-electron chi connectivity index (χ4n) is 1.85. The lowest BCUT2D eigenvalue weighted by Crippen LogP contribution is -2.32. The summed E-state index contributed by atoms with van der Waals surface area (Å²) in [5.74, 6) is 0. The average molecular weight is 230 g/mol. The Kier molecular flexibility index (Phi) is 3.61. The number of rotatable bonds is 3. The van der Waals surface area contributed by atoms with Gasteiger partial charge in [-0.3, -0.25) is 4.84 Å². The summed E-state index contributed by atoms with van der Waals surface area (Å²) in [7, 11) is 2.13. The van der Waals surface area contributed by atoms with E-state index in [2.05, 4.69) is 17.0 Å². The molecule has 4 nitrogen and oxygen atoms in total. The van der Waals surface area contributed by atoms with Gasteiger partial charge >= 0.3 is 0 Å². The smallest absolute Gasteiger partial charge is 0.133 e. The number of nitrogens with zero attached hydrogens (tertiary/aromatic N) is 3. The van der Waals surface area contributed by atoms with Crippen LogP contribution in [0.3, 0.4) is 0 Å². The van der Waals surface area contributed by atoms with Crippen LogP contribution in [0.1, 0.15) is 19.3 Å². The van der Waals surface area contributed by atoms with E-state index in [1.807, 2.05) is 6.08 Å². The number of hydrogen-bond acceptors (Lipinski definition) is 4. The van der Waals surface area contributed by atoms with Crippen LogP contribution in [0, 0.1) is 0 Å². The van der Waals surface area contributed by atoms with Crippen LogP contribution in [0.25, 0.3) is 0 Å². The molecular formula is C10H16ClN3O. The minimum atomic E-state index is 0.509. The molecule has 0 aliphatic carbocycles. The molecule has 1 fully saturated rings. The van der Waals surface area contributed by atoms with Crippen molar-refractivity contribution in [1.82, 2.24) is 10.1 Å². The molecule has 1 atom stereocenters. The highest BCUT2D eigenvalue weighted by Gasteiger charge is 2.21. The lowest BCUT2D eigenvalue weighted by Gasteiger charge is -2.23. The molecule has 0 saturated carbocycles. The van der Waals surface area contributed by atoms with E-state index in [1.165, 1.54) is 18.0 Å². The molecule has 2 heterocycles. The third-order valence-electron chi connectivity index (χ3n) is 2.80. The number of halogens is 1. The number of allylic oxidation sites excluding steroid dienone is 1. The Balaban J connectivity index is 1.78. The van der Waals surface area contributed by atoms with Gasteiger partial charge in [-0.25, -0.2) is 0 Å². The van der Waals surface area contributed by atoms with Gasteiger partial charge in [-0.05, 0) is 26.4 Å². The predicted molar refractivity (Wildman–Crippen MR) is 60.5 cm³/mol. The van der Waals surface area contributed by atoms with Gasteiger partial charge in [0.15, 0.2) is 0 Å². The molecule has 0 spiro atoms. The Hall–Kier alpha value is -0.580. The minimum Gasteiger partial charge on any atom is -0.301 e. The average Bonchev–Trinajstić information content (AvgIpc) is 2.61. The number of likely N-dealkylation sites (tertiary alicyclic amines) is 1. The fourth-order valence-corrected chi connectivity index (χ4v) is 2.01. The van der Waals surface area contributed by atoms with Crippen molar-refractivity contribution in [3.8, 4) is 0 Å². The lowest BCUT2D eigenvalue weighted by molar-refractivity contribution is -0.133. The highest BCUT2D eigenvalue weighted by atomic mass is 35.5. The van der Waals surface area contributed by atoms with E-state index in [-0.39, 0.29) is 0 Å². The second-order valence-electron chi connectivity index (χ2n) is 3.94. The van der Waals surface area contributed by atoms with Crippen molar-refractivity contribution >= 4 is 16.8 Å². The van der Waals surface area contributed by atoms with Gasteiger partial charge in [0.2, 0.25) is 0 Å². The van der Waals surface area contributed by atoms with Gasteiger partial charge in [0.1, 0.15) is 5.17 Å². The first-order valence-corrected chi connectivity index (χ1v) is 5.65. The zero-order valence-corrected chi connectivity index (χ0v) is 9.65. The highest BCUT2D eigenvalue weighted by molar-refractivity contribution is 6.65. The lowest BCUT2D eigenvalue weighted by atomic mass is 10.2. The molecule has 2 aliphatic heterocycles. The second-order valence-corrected chi connectivity index (χ2v) is 4.38. The van der Waals surface area contributed by atoms with Gasteiger partial charge in [0, 0.05) is 12.5 Å². The summed E-state index contributed by atoms with van der Waals surface area (Å²) in [6.45, 7) is 1.84. The Morgan fingerprint density at radius 1 is 1.67 bits per heavy atom. The Morgan fingerprint density at radius 3 is 3.20 bits per heavy atom. The largest absolute Gasteiger partial charge is 0.301 e. The fraction of sp³-hybridized carbons (Fsp3) is 0.700. The molecule has 0 unspecified atom stereocenters. The summed E-state index contributed by atoms with van der Waals surface area (Å²) in [4.78, 5) is 7.86. The van der Waals surface area contributed by atoms with Crippen LogP contribution in [0.2, 0.25) is 0 Å². The summed E-state index contributed by atoms with van der Waals surface area (Å²) in [5.41, 5.74) is 0. The zero-order chi connectivity index (χ0) is 10.7. The van der Waals surface area contributed by atoms with E-state index in [9.17, 15) is 0 Å². The molecule has 2 rings (SSSR count). The first-order valence-electron chi connectivity index (χ1n) is 5.28. The molecule has 0 amide bonds. The maximum Gasteiger partial charge on any atom is 0.133 e. The first-order chi connectivity index (χ1) is 7.25. The standard InChI is InChI=1S/C10H16ClN3O/c1-13-6-2-4-9(13)8-15-14-7-3-5-10(11)12-14/h3,7,9H,2,4-6,8H2,1H3/t9-/m1/s1. The Morgan fingerprint density at radius 2 is 2.53 bits per heavy atom. The van der Waals surface area contributed by atoms with Crippen LogP contribution in [-0.2, 0) is 4.84 Å². The van der Waals surface area contributed by atoms with Gasteiger partial charge in [-0.15, -0.1) is 10.3 Å². The van der Waals surface area contributed by atoms with Crippen LogP contribution < -0.4 is 0 Å². The maximum absolute atomic E-state index is 5.80. The van der Waals surface area contributed by atoms with Crippen LogP contribution in [0.15, 0.2) is 17.4 Å². The van der Waals surface area contributed by atoms with Crippen LogP contribution in [0.5, 0.6) is 0 Å². The van der Waals surface area contributed by atoms with Gasteiger partial charge in [0.05, 0.1) is 12.8 Å². The summed E-state index contributed by atoms with van der Waals surface area (Å²) in [6, 6.07) is 0.509. The number of likely N-dealkylation sites (N-methyl/N-ethyl adjacent to an activating group) is 1. The maximum atomic E-state index is 5.80. The Bertz CT molecular complexity index is 280. The van der Waals surface area contributed by atoms with Crippen LogP contribution >= 0.6 is 11.6 Å². The van der Waals surface area contributed by atoms with E-state index in [0.717, 1.165) is 6.54 Å². The summed E-state index contributed by atoms with van der Waals surface area (Å²) < 4.78 is 0. The molecule has 2 aliphatic rings. The van der Waals surface area contributed by atoms with Crippen molar-refractivity contribution in [2.45, 2.75) is 25.3 Å². The number of hydrazone groups is 1. The van der Waals surface area contributed by atoms with Crippen molar-refractivity contribution in [1.29, 1.82) is 0 Å². The summed E-state index contributed by atoms with van der Waals surface area (Å²) in [5, 5.41) is 6.08. The molecule has 0 aromatic rings. The minimum absolute atomic E-state index is 0.509. The van der Waals surface area contributed by atoms with E-state index in [0.29, 0.717) is 24.2 Å². The highest BCUT2D eigenvalue weighted by Crippen LogP contribution is 2.16. The van der Waals surface area contributed by atoms with Gasteiger partial charge in [0.25, 0.3) is 0 Å². The number of hydrogen-bond donors (Lipinski definition) is 0. The summed E-state index contributed by atoms with van der Waals surface area (Å²) in [6.07, 6.45) is 6.90. The van der Waals surface area contributed by atoms with E-state index in [1.54, 1.807) is 6.20 Å². The number of hydroxylamine groups is 1. The molecule has 5 heteroatoms. The molecule has 1 saturated heterocycles. The molecular weight excluding hydrogens is 214 g/mol. The van der Waals surface area contributed by atoms with Gasteiger partial charge in [-0.1, -0.05) is 17.7 Å². The van der Waals surface area contributed by atoms with Gasteiger partial charge < -0.3 is 4.90 Å². The molecule has 0 aromatic heterocycles.